The fourth-order valence-corrected chi connectivity index (χ4v) is 4.37. The maximum Gasteiger partial charge on any atom is 0.303 e. The van der Waals surface area contributed by atoms with Gasteiger partial charge >= 0.3 is 5.91 Å². The van der Waals surface area contributed by atoms with Crippen LogP contribution in [0.4, 0.5) is 10.1 Å². The average Bonchev–Trinajstić information content (AvgIpc) is 3.26. The summed E-state index contributed by atoms with van der Waals surface area (Å²) in [6, 6.07) is 12.4. The molecule has 3 N–H and O–H groups in total. The Morgan fingerprint density at radius 2 is 1.94 bits per heavy atom. The van der Waals surface area contributed by atoms with Gasteiger partial charge in [-0.25, -0.2) is 14.9 Å². The third-order valence-corrected chi connectivity index (χ3v) is 6.07. The zero-order valence-electron chi connectivity index (χ0n) is 17.2. The molecule has 1 aromatic heterocycles. The molecule has 2 heterocycles. The summed E-state index contributed by atoms with van der Waals surface area (Å²) in [5.74, 6) is -1.61. The molecule has 3 aromatic rings. The molecule has 0 saturated carbocycles. The lowest BCUT2D eigenvalue weighted by molar-refractivity contribution is -0.111. The second kappa shape index (κ2) is 9.72. The van der Waals surface area contributed by atoms with Gasteiger partial charge in [0.1, 0.15) is 5.82 Å². The predicted molar refractivity (Wildman–Crippen MR) is 120 cm³/mol. The van der Waals surface area contributed by atoms with E-state index < -0.39 is 5.91 Å². The Morgan fingerprint density at radius 1 is 1.15 bits per heavy atom. The predicted octanol–water partition coefficient (Wildman–Crippen LogP) is 3.25. The number of hydrogen-bond donors (Lipinski definition) is 3. The molecule has 0 atom stereocenters. The molecule has 33 heavy (non-hydrogen) atoms. The first kappa shape index (κ1) is 22.3. The van der Waals surface area contributed by atoms with E-state index in [0.717, 1.165) is 21.9 Å². The summed E-state index contributed by atoms with van der Waals surface area (Å²) in [6.07, 6.45) is 3.33. The van der Waals surface area contributed by atoms with Crippen molar-refractivity contribution in [3.05, 3.63) is 87.1 Å². The molecule has 3 amide bonds. The molecule has 0 radical (unpaired) electrons. The number of benzene rings is 2. The summed E-state index contributed by atoms with van der Waals surface area (Å²) in [6.45, 7) is 0.785. The molecule has 0 aliphatic carbocycles. The summed E-state index contributed by atoms with van der Waals surface area (Å²) < 4.78 is 13.2. The van der Waals surface area contributed by atoms with Crippen molar-refractivity contribution in [2.24, 2.45) is 0 Å². The van der Waals surface area contributed by atoms with Gasteiger partial charge in [0.15, 0.2) is 5.01 Å². The number of carbonyl (C=O) groups excluding carboxylic acids is 3. The summed E-state index contributed by atoms with van der Waals surface area (Å²) in [5, 5.41) is 11.6. The summed E-state index contributed by atoms with van der Waals surface area (Å²) in [7, 11) is 0. The van der Waals surface area contributed by atoms with Gasteiger partial charge in [0.25, 0.3) is 5.91 Å². The van der Waals surface area contributed by atoms with Crippen LogP contribution < -0.4 is 10.8 Å². The molecule has 0 bridgehead atoms. The Labute approximate surface area is 192 Å². The molecule has 0 saturated heterocycles. The topological polar surface area (TPSA) is 112 Å². The lowest BCUT2D eigenvalue weighted by atomic mass is 10.1. The van der Waals surface area contributed by atoms with Crippen LogP contribution in [0.1, 0.15) is 36.3 Å². The summed E-state index contributed by atoms with van der Waals surface area (Å²) in [4.78, 5) is 43.2. The molecular weight excluding hydrogens is 447 g/mol. The fourth-order valence-electron chi connectivity index (χ4n) is 3.36. The number of nitrogens with zero attached hydrogens (tertiary/aromatic N) is 2. The minimum atomic E-state index is -0.671. The van der Waals surface area contributed by atoms with E-state index in [9.17, 15) is 18.8 Å². The number of aromatic nitrogens is 1. The van der Waals surface area contributed by atoms with Crippen LogP contribution in [0.3, 0.4) is 0 Å². The number of fused-ring (bicyclic) bond motifs is 1. The van der Waals surface area contributed by atoms with Gasteiger partial charge in [0.2, 0.25) is 5.91 Å². The van der Waals surface area contributed by atoms with Crippen LogP contribution in [0.5, 0.6) is 0 Å². The number of nitrogens with one attached hydrogen (secondary N) is 2. The van der Waals surface area contributed by atoms with E-state index >= 15 is 0 Å². The Kier molecular flexibility index (Phi) is 6.57. The smallest absolute Gasteiger partial charge is 0.303 e. The van der Waals surface area contributed by atoms with Gasteiger partial charge in [-0.2, -0.15) is 0 Å². The molecule has 2 aromatic carbocycles. The highest BCUT2D eigenvalue weighted by Gasteiger charge is 2.26. The minimum Gasteiger partial charge on any atom is -0.333 e. The molecular formula is C23H19FN4O4S. The molecule has 10 heteroatoms. The highest BCUT2D eigenvalue weighted by atomic mass is 32.1. The summed E-state index contributed by atoms with van der Waals surface area (Å²) >= 11 is 1.15. The van der Waals surface area contributed by atoms with Crippen LogP contribution in [0.15, 0.2) is 54.6 Å². The van der Waals surface area contributed by atoms with E-state index in [1.165, 1.54) is 24.3 Å². The van der Waals surface area contributed by atoms with E-state index in [1.807, 2.05) is 0 Å². The third kappa shape index (κ3) is 5.30. The van der Waals surface area contributed by atoms with Gasteiger partial charge in [0, 0.05) is 35.2 Å². The fraction of sp³-hybridized carbons (Fsp3) is 0.130. The van der Waals surface area contributed by atoms with Crippen molar-refractivity contribution in [2.75, 3.05) is 11.9 Å². The van der Waals surface area contributed by atoms with Crippen LogP contribution in [0.2, 0.25) is 0 Å². The van der Waals surface area contributed by atoms with Crippen molar-refractivity contribution >= 4 is 40.8 Å². The van der Waals surface area contributed by atoms with Gasteiger partial charge in [-0.15, -0.1) is 11.3 Å². The molecule has 1 aliphatic rings. The van der Waals surface area contributed by atoms with Gasteiger partial charge in [-0.05, 0) is 48.0 Å². The number of anilines is 1. The van der Waals surface area contributed by atoms with Crippen molar-refractivity contribution in [3.63, 3.8) is 0 Å². The highest BCUT2D eigenvalue weighted by Crippen LogP contribution is 2.26. The Morgan fingerprint density at radius 3 is 2.67 bits per heavy atom. The second-order valence-corrected chi connectivity index (χ2v) is 8.35. The second-order valence-electron chi connectivity index (χ2n) is 7.26. The first-order valence-corrected chi connectivity index (χ1v) is 10.8. The van der Waals surface area contributed by atoms with Gasteiger partial charge in [-0.1, -0.05) is 12.1 Å². The van der Waals surface area contributed by atoms with E-state index in [2.05, 4.69) is 10.3 Å². The van der Waals surface area contributed by atoms with Gasteiger partial charge in [-0.3, -0.25) is 19.6 Å². The molecule has 0 unspecified atom stereocenters. The third-order valence-electron chi connectivity index (χ3n) is 4.99. The van der Waals surface area contributed by atoms with Crippen molar-refractivity contribution in [1.29, 1.82) is 0 Å². The normalized spacial score (nSPS) is 13.0. The van der Waals surface area contributed by atoms with Crippen molar-refractivity contribution in [3.8, 4) is 0 Å². The SMILES string of the molecule is O=C(/C=C/c1cccc(F)c1)Nc1ccc(C(=O)N2CCc3nc(C(=O)NO)sc3C2)cc1. The van der Waals surface area contributed by atoms with Crippen LogP contribution in [0, 0.1) is 5.82 Å². The molecule has 8 nitrogen and oxygen atoms in total. The zero-order valence-corrected chi connectivity index (χ0v) is 18.1. The van der Waals surface area contributed by atoms with Crippen LogP contribution in [0.25, 0.3) is 6.08 Å². The lowest BCUT2D eigenvalue weighted by Crippen LogP contribution is -2.35. The van der Waals surface area contributed by atoms with E-state index in [1.54, 1.807) is 46.8 Å². The average molecular weight is 466 g/mol. The standard InChI is InChI=1S/C23H19FN4O4S/c24-16-3-1-2-14(12-16)4-9-20(29)25-17-7-5-15(6-8-17)23(31)28-11-10-18-19(13-28)33-22(26-18)21(30)27-32/h1-9,12,32H,10-11,13H2,(H,25,29)(H,27,30)/b9-4+. The first-order chi connectivity index (χ1) is 15.9. The first-order valence-electron chi connectivity index (χ1n) is 10.00. The zero-order chi connectivity index (χ0) is 23.4. The monoisotopic (exact) mass is 466 g/mol. The van der Waals surface area contributed by atoms with E-state index in [0.29, 0.717) is 36.3 Å². The minimum absolute atomic E-state index is 0.156. The Bertz CT molecular complexity index is 1240. The molecule has 0 fully saturated rings. The van der Waals surface area contributed by atoms with E-state index in [-0.39, 0.29) is 22.6 Å². The number of amides is 3. The molecule has 168 valence electrons. The molecule has 4 rings (SSSR count). The van der Waals surface area contributed by atoms with Gasteiger partial charge in [0.05, 0.1) is 12.2 Å². The van der Waals surface area contributed by atoms with Crippen LogP contribution >= 0.6 is 11.3 Å². The summed E-state index contributed by atoms with van der Waals surface area (Å²) in [5.41, 5.74) is 3.87. The number of hydroxylamine groups is 1. The van der Waals surface area contributed by atoms with Gasteiger partial charge < -0.3 is 10.2 Å². The quantitative estimate of drug-likeness (QED) is 0.304. The largest absolute Gasteiger partial charge is 0.333 e. The van der Waals surface area contributed by atoms with Crippen molar-refractivity contribution in [2.45, 2.75) is 13.0 Å². The number of carbonyl (C=O) groups is 3. The number of halogens is 1. The Balaban J connectivity index is 1.37. The number of rotatable bonds is 5. The van der Waals surface area contributed by atoms with Crippen molar-refractivity contribution < 1.29 is 24.0 Å². The lowest BCUT2D eigenvalue weighted by Gasteiger charge is -2.26. The highest BCUT2D eigenvalue weighted by molar-refractivity contribution is 7.13. The maximum atomic E-state index is 13.2. The van der Waals surface area contributed by atoms with E-state index in [4.69, 9.17) is 5.21 Å². The Hall–Kier alpha value is -3.89. The number of thiazole rings is 1. The van der Waals surface area contributed by atoms with Crippen molar-refractivity contribution in [1.82, 2.24) is 15.4 Å². The molecule has 1 aliphatic heterocycles. The number of hydrogen-bond acceptors (Lipinski definition) is 6. The molecule has 0 spiro atoms. The maximum absolute atomic E-state index is 13.2. The van der Waals surface area contributed by atoms with Crippen LogP contribution in [-0.2, 0) is 17.8 Å². The van der Waals surface area contributed by atoms with Crippen LogP contribution in [-0.4, -0.2) is 39.4 Å².